The van der Waals surface area contributed by atoms with Gasteiger partial charge in [-0.25, -0.2) is 0 Å². The molecule has 14 heavy (non-hydrogen) atoms. The summed E-state index contributed by atoms with van der Waals surface area (Å²) in [4.78, 5) is 13.1. The van der Waals surface area contributed by atoms with E-state index in [0.29, 0.717) is 13.0 Å². The average Bonchev–Trinajstić information content (AvgIpc) is 2.24. The molecule has 0 saturated carbocycles. The Kier molecular flexibility index (Phi) is 3.17. The number of likely N-dealkylation sites (tertiary alicyclic amines) is 1. The molecule has 1 fully saturated rings. The van der Waals surface area contributed by atoms with E-state index < -0.39 is 5.60 Å². The molecule has 1 heterocycles. The molecule has 2 atom stereocenters. The van der Waals surface area contributed by atoms with E-state index >= 15 is 0 Å². The molecule has 0 aliphatic carbocycles. The van der Waals surface area contributed by atoms with Gasteiger partial charge >= 0.3 is 0 Å². The van der Waals surface area contributed by atoms with E-state index in [4.69, 9.17) is 5.73 Å². The molecule has 0 spiro atoms. The Hall–Kier alpha value is -0.610. The van der Waals surface area contributed by atoms with Gasteiger partial charge < -0.3 is 10.8 Å². The van der Waals surface area contributed by atoms with Crippen molar-refractivity contribution in [3.8, 4) is 0 Å². The maximum absolute atomic E-state index is 11.1. The van der Waals surface area contributed by atoms with Crippen molar-refractivity contribution in [2.45, 2.75) is 38.8 Å². The molecule has 1 radical (unpaired) electrons. The fourth-order valence-corrected chi connectivity index (χ4v) is 2.01. The smallest absolute Gasteiger partial charge is 0.234 e. The zero-order valence-electron chi connectivity index (χ0n) is 9.08. The highest BCUT2D eigenvalue weighted by Gasteiger charge is 2.41. The molecule has 1 aliphatic heterocycles. The molecule has 0 bridgehead atoms. The normalized spacial score (nSPS) is 33.9. The van der Waals surface area contributed by atoms with Gasteiger partial charge in [0.05, 0.1) is 11.6 Å². The number of rotatable bonds is 3. The molecular formula is C10H19N2O2. The lowest BCUT2D eigenvalue weighted by Crippen LogP contribution is -2.41. The lowest BCUT2D eigenvalue weighted by molar-refractivity contribution is -0.122. The van der Waals surface area contributed by atoms with Crippen LogP contribution in [0.4, 0.5) is 0 Å². The van der Waals surface area contributed by atoms with Crippen LogP contribution in [0.15, 0.2) is 0 Å². The van der Waals surface area contributed by atoms with Crippen LogP contribution in [0.5, 0.6) is 0 Å². The van der Waals surface area contributed by atoms with E-state index in [1.54, 1.807) is 6.92 Å². The van der Waals surface area contributed by atoms with Gasteiger partial charge in [-0.05, 0) is 12.8 Å². The zero-order chi connectivity index (χ0) is 10.9. The first kappa shape index (κ1) is 11.5. The van der Waals surface area contributed by atoms with Crippen molar-refractivity contribution in [2.24, 2.45) is 5.73 Å². The molecule has 1 aliphatic rings. The predicted molar refractivity (Wildman–Crippen MR) is 54.4 cm³/mol. The van der Waals surface area contributed by atoms with Gasteiger partial charge in [0.2, 0.25) is 5.91 Å². The maximum atomic E-state index is 11.1. The zero-order valence-corrected chi connectivity index (χ0v) is 9.08. The molecule has 0 aromatic heterocycles. The summed E-state index contributed by atoms with van der Waals surface area (Å²) >= 11 is 0. The van der Waals surface area contributed by atoms with Crippen LogP contribution in [-0.2, 0) is 4.79 Å². The largest absolute Gasteiger partial charge is 0.389 e. The summed E-state index contributed by atoms with van der Waals surface area (Å²) in [7, 11) is 0. The Morgan fingerprint density at radius 3 is 2.64 bits per heavy atom. The molecule has 81 valence electrons. The van der Waals surface area contributed by atoms with Crippen molar-refractivity contribution in [2.75, 3.05) is 13.1 Å². The van der Waals surface area contributed by atoms with Gasteiger partial charge in [0.15, 0.2) is 0 Å². The quantitative estimate of drug-likeness (QED) is 0.667. The number of amides is 1. The van der Waals surface area contributed by atoms with Crippen LogP contribution in [0.25, 0.3) is 0 Å². The van der Waals surface area contributed by atoms with Gasteiger partial charge in [0, 0.05) is 19.5 Å². The van der Waals surface area contributed by atoms with Gasteiger partial charge in [-0.2, -0.15) is 0 Å². The minimum Gasteiger partial charge on any atom is -0.389 e. The minimum absolute atomic E-state index is 0.320. The van der Waals surface area contributed by atoms with Crippen molar-refractivity contribution in [1.29, 1.82) is 0 Å². The average molecular weight is 199 g/mol. The number of nitrogens with zero attached hydrogens (tertiary/aromatic N) is 1. The summed E-state index contributed by atoms with van der Waals surface area (Å²) in [6.45, 7) is 7.00. The van der Waals surface area contributed by atoms with Crippen molar-refractivity contribution >= 4 is 5.91 Å². The predicted octanol–water partition coefficient (Wildman–Crippen LogP) is -0.0887. The van der Waals surface area contributed by atoms with Crippen molar-refractivity contribution in [3.05, 3.63) is 5.92 Å². The summed E-state index contributed by atoms with van der Waals surface area (Å²) in [6.07, 6.45) is 0.440. The second-order valence-corrected chi connectivity index (χ2v) is 4.73. The highest BCUT2D eigenvalue weighted by molar-refractivity contribution is 5.80. The lowest BCUT2D eigenvalue weighted by Gasteiger charge is -2.23. The molecule has 0 aromatic carbocycles. The van der Waals surface area contributed by atoms with Crippen LogP contribution in [-0.4, -0.2) is 40.6 Å². The topological polar surface area (TPSA) is 66.6 Å². The number of aliphatic hydroxyl groups is 1. The van der Waals surface area contributed by atoms with Crippen LogP contribution in [0.2, 0.25) is 0 Å². The number of β-amino-alcohol motifs (C(OH)–C–C–N with tert-alkyl or cyclic N) is 1. The molecule has 3 N–H and O–H groups in total. The van der Waals surface area contributed by atoms with Crippen LogP contribution >= 0.6 is 0 Å². The van der Waals surface area contributed by atoms with Gasteiger partial charge in [-0.15, -0.1) is 0 Å². The van der Waals surface area contributed by atoms with Crippen molar-refractivity contribution in [3.63, 3.8) is 0 Å². The molecule has 4 nitrogen and oxygen atoms in total. The van der Waals surface area contributed by atoms with Crippen molar-refractivity contribution < 1.29 is 9.90 Å². The SMILES string of the molecule is C[C](C)CN1CC(C)(O)C[C@H]1C(N)=O. The summed E-state index contributed by atoms with van der Waals surface area (Å²) in [5.74, 6) is 0.873. The number of carbonyl (C=O) groups is 1. The summed E-state index contributed by atoms with van der Waals surface area (Å²) in [6, 6.07) is -0.320. The van der Waals surface area contributed by atoms with E-state index in [-0.39, 0.29) is 11.9 Å². The fraction of sp³-hybridized carbons (Fsp3) is 0.800. The van der Waals surface area contributed by atoms with E-state index in [1.165, 1.54) is 5.92 Å². The Morgan fingerprint density at radius 1 is 1.64 bits per heavy atom. The molecule has 0 aromatic rings. The molecular weight excluding hydrogens is 180 g/mol. The van der Waals surface area contributed by atoms with Gasteiger partial charge in [-0.3, -0.25) is 9.69 Å². The van der Waals surface area contributed by atoms with Crippen LogP contribution < -0.4 is 5.73 Å². The van der Waals surface area contributed by atoms with Crippen molar-refractivity contribution in [1.82, 2.24) is 4.90 Å². The van der Waals surface area contributed by atoms with Crippen LogP contribution in [0.3, 0.4) is 0 Å². The Labute approximate surface area is 85.1 Å². The number of hydrogen-bond donors (Lipinski definition) is 2. The first-order valence-corrected chi connectivity index (χ1v) is 4.86. The number of primary amides is 1. The van der Waals surface area contributed by atoms with E-state index in [2.05, 4.69) is 0 Å². The van der Waals surface area contributed by atoms with Crippen LogP contribution in [0, 0.1) is 5.92 Å². The Balaban J connectivity index is 2.67. The van der Waals surface area contributed by atoms with E-state index in [0.717, 1.165) is 6.54 Å². The fourth-order valence-electron chi connectivity index (χ4n) is 2.01. The monoisotopic (exact) mass is 199 g/mol. The third kappa shape index (κ3) is 2.69. The minimum atomic E-state index is -0.783. The molecule has 4 heteroatoms. The molecule has 1 unspecified atom stereocenters. The van der Waals surface area contributed by atoms with Gasteiger partial charge in [0.1, 0.15) is 0 Å². The number of hydrogen-bond acceptors (Lipinski definition) is 3. The summed E-state index contributed by atoms with van der Waals surface area (Å²) in [5.41, 5.74) is 4.50. The molecule has 1 amide bonds. The third-order valence-electron chi connectivity index (χ3n) is 2.47. The molecule has 1 rings (SSSR count). The van der Waals surface area contributed by atoms with Gasteiger partial charge in [0.25, 0.3) is 0 Å². The standard InChI is InChI=1S/C10H19N2O2/c1-7(2)5-12-6-10(3,14)4-8(12)9(11)13/h8,14H,4-6H2,1-3H3,(H2,11,13)/t8-,10?/m0/s1. The number of carbonyl (C=O) groups excluding carboxylic acids is 1. The Bertz CT molecular complexity index is 226. The summed E-state index contributed by atoms with van der Waals surface area (Å²) in [5, 5.41) is 9.84. The van der Waals surface area contributed by atoms with E-state index in [1.807, 2.05) is 18.7 Å². The highest BCUT2D eigenvalue weighted by atomic mass is 16.3. The maximum Gasteiger partial charge on any atom is 0.234 e. The molecule has 1 saturated heterocycles. The van der Waals surface area contributed by atoms with Gasteiger partial charge in [-0.1, -0.05) is 13.8 Å². The first-order chi connectivity index (χ1) is 6.32. The Morgan fingerprint density at radius 2 is 2.21 bits per heavy atom. The van der Waals surface area contributed by atoms with Crippen LogP contribution in [0.1, 0.15) is 27.2 Å². The second-order valence-electron chi connectivity index (χ2n) is 4.73. The lowest BCUT2D eigenvalue weighted by atomic mass is 10.0. The first-order valence-electron chi connectivity index (χ1n) is 4.86. The highest BCUT2D eigenvalue weighted by Crippen LogP contribution is 2.27. The third-order valence-corrected chi connectivity index (χ3v) is 2.47. The van der Waals surface area contributed by atoms with E-state index in [9.17, 15) is 9.90 Å². The number of nitrogens with two attached hydrogens (primary N) is 1. The second kappa shape index (κ2) is 3.87. The summed E-state index contributed by atoms with van der Waals surface area (Å²) < 4.78 is 0.